The minimum atomic E-state index is 0.394. The molecule has 1 heterocycles. The summed E-state index contributed by atoms with van der Waals surface area (Å²) >= 11 is 0. The molecule has 118 valence electrons. The van der Waals surface area contributed by atoms with E-state index in [9.17, 15) is 0 Å². The van der Waals surface area contributed by atoms with E-state index in [-0.39, 0.29) is 0 Å². The molecule has 5 heteroatoms. The first kappa shape index (κ1) is 15.5. The monoisotopic (exact) mass is 311 g/mol. The maximum absolute atomic E-state index is 9.13. The first-order valence-electron chi connectivity index (χ1n) is 7.93. The number of nitrogens with zero attached hydrogens (tertiary/aromatic N) is 3. The highest BCUT2D eigenvalue weighted by Gasteiger charge is 2.38. The number of hydroxylamine groups is 2. The minimum Gasteiger partial charge on any atom is -0.451 e. The lowest BCUT2D eigenvalue weighted by atomic mass is 10.1. The Bertz CT molecular complexity index is 704. The van der Waals surface area contributed by atoms with Gasteiger partial charge in [-0.1, -0.05) is 18.2 Å². The quantitative estimate of drug-likeness (QED) is 0.588. The summed E-state index contributed by atoms with van der Waals surface area (Å²) in [7, 11) is 1.72. The van der Waals surface area contributed by atoms with Gasteiger partial charge in [-0.25, -0.2) is 4.84 Å². The SMILES string of the molecule is CO[N+]1(c2cc([N+]#N)ccc2Oc2ccccc2)CCCCC1. The van der Waals surface area contributed by atoms with Gasteiger partial charge in [0.15, 0.2) is 10.7 Å². The van der Waals surface area contributed by atoms with Crippen molar-refractivity contribution in [3.63, 3.8) is 0 Å². The molecule has 0 aliphatic carbocycles. The Morgan fingerprint density at radius 2 is 1.74 bits per heavy atom. The Morgan fingerprint density at radius 1 is 1.00 bits per heavy atom. The van der Waals surface area contributed by atoms with Crippen LogP contribution in [0, 0.1) is 5.39 Å². The predicted molar refractivity (Wildman–Crippen MR) is 90.1 cm³/mol. The molecular weight excluding hydrogens is 290 g/mol. The molecule has 0 spiro atoms. The first-order valence-corrected chi connectivity index (χ1v) is 7.93. The molecule has 0 amide bonds. The van der Waals surface area contributed by atoms with Crippen molar-refractivity contribution in [3.8, 4) is 11.5 Å². The standard InChI is InChI=1S/C18H21N3O2/c1-22-21(12-6-3-7-13-21)17-14-15(20-19)10-11-18(17)23-16-8-4-2-5-9-16/h2,4-5,8-11,14H,3,6-7,12-13H2,1H3/q+2. The molecule has 0 N–H and O–H groups in total. The highest BCUT2D eigenvalue weighted by Crippen LogP contribution is 2.41. The van der Waals surface area contributed by atoms with Gasteiger partial charge in [-0.3, -0.25) is 0 Å². The largest absolute Gasteiger partial charge is 0.451 e. The highest BCUT2D eigenvalue weighted by atomic mass is 16.7. The van der Waals surface area contributed by atoms with E-state index in [2.05, 4.69) is 4.98 Å². The number of rotatable bonds is 4. The summed E-state index contributed by atoms with van der Waals surface area (Å²) in [6, 6.07) is 15.1. The third kappa shape index (κ3) is 3.19. The zero-order valence-corrected chi connectivity index (χ0v) is 13.3. The average molecular weight is 311 g/mol. The van der Waals surface area contributed by atoms with E-state index >= 15 is 0 Å². The molecule has 0 unspecified atom stereocenters. The summed E-state index contributed by atoms with van der Waals surface area (Å²) < 4.78 is 6.46. The van der Waals surface area contributed by atoms with Gasteiger partial charge in [-0.2, -0.15) is 0 Å². The van der Waals surface area contributed by atoms with Crippen LogP contribution in [-0.2, 0) is 4.84 Å². The maximum Gasteiger partial charge on any atom is 0.391 e. The van der Waals surface area contributed by atoms with Crippen LogP contribution in [0.5, 0.6) is 11.5 Å². The molecule has 2 aromatic rings. The molecule has 1 saturated heterocycles. The molecule has 0 atom stereocenters. The lowest BCUT2D eigenvalue weighted by molar-refractivity contribution is -0.131. The minimum absolute atomic E-state index is 0.394. The summed E-state index contributed by atoms with van der Waals surface area (Å²) in [6.45, 7) is 1.77. The van der Waals surface area contributed by atoms with E-state index in [1.54, 1.807) is 13.2 Å². The molecule has 1 aliphatic heterocycles. The Kier molecular flexibility index (Phi) is 4.56. The Hall–Kier alpha value is -2.42. The molecule has 1 aliphatic rings. The second-order valence-electron chi connectivity index (χ2n) is 5.75. The van der Waals surface area contributed by atoms with Crippen molar-refractivity contribution in [2.45, 2.75) is 19.3 Å². The third-order valence-corrected chi connectivity index (χ3v) is 4.36. The first-order chi connectivity index (χ1) is 11.3. The number of hydrogen-bond acceptors (Lipinski definition) is 3. The molecule has 1 fully saturated rings. The Labute approximate surface area is 136 Å². The van der Waals surface area contributed by atoms with E-state index < -0.39 is 0 Å². The molecule has 0 radical (unpaired) electrons. The number of para-hydroxylation sites is 1. The molecule has 2 aromatic carbocycles. The highest BCUT2D eigenvalue weighted by molar-refractivity contribution is 5.64. The summed E-state index contributed by atoms with van der Waals surface area (Å²) in [6.07, 6.45) is 3.40. The second-order valence-corrected chi connectivity index (χ2v) is 5.75. The van der Waals surface area contributed by atoms with Crippen molar-refractivity contribution < 1.29 is 9.57 Å². The zero-order valence-electron chi connectivity index (χ0n) is 13.3. The number of ether oxygens (including phenoxy) is 1. The van der Waals surface area contributed by atoms with Gasteiger partial charge in [-0.15, -0.1) is 4.65 Å². The predicted octanol–water partition coefficient (Wildman–Crippen LogP) is 5.02. The molecule has 0 aromatic heterocycles. The van der Waals surface area contributed by atoms with Gasteiger partial charge in [-0.05, 0) is 24.6 Å². The van der Waals surface area contributed by atoms with Gasteiger partial charge in [0, 0.05) is 18.9 Å². The van der Waals surface area contributed by atoms with Gasteiger partial charge < -0.3 is 4.74 Å². The molecular formula is C18H21N3O2+2. The molecule has 23 heavy (non-hydrogen) atoms. The average Bonchev–Trinajstić information content (AvgIpc) is 2.63. The fourth-order valence-electron chi connectivity index (χ4n) is 3.13. The number of quaternary nitrogens is 1. The van der Waals surface area contributed by atoms with Crippen molar-refractivity contribution in [1.82, 2.24) is 4.65 Å². The lowest BCUT2D eigenvalue weighted by Crippen LogP contribution is -2.51. The lowest BCUT2D eigenvalue weighted by Gasteiger charge is -2.37. The van der Waals surface area contributed by atoms with E-state index in [4.69, 9.17) is 15.0 Å². The van der Waals surface area contributed by atoms with Gasteiger partial charge in [0.1, 0.15) is 24.9 Å². The Balaban J connectivity index is 2.04. The maximum atomic E-state index is 9.13. The van der Waals surface area contributed by atoms with Crippen molar-refractivity contribution in [2.24, 2.45) is 0 Å². The van der Waals surface area contributed by atoms with Crippen LogP contribution in [0.1, 0.15) is 19.3 Å². The van der Waals surface area contributed by atoms with Crippen LogP contribution in [-0.4, -0.2) is 20.2 Å². The number of diazo groups is 1. The Morgan fingerprint density at radius 3 is 2.39 bits per heavy atom. The number of piperidine rings is 1. The molecule has 5 nitrogen and oxygen atoms in total. The van der Waals surface area contributed by atoms with Gasteiger partial charge in [0.25, 0.3) is 0 Å². The van der Waals surface area contributed by atoms with Crippen LogP contribution in [0.3, 0.4) is 0 Å². The van der Waals surface area contributed by atoms with Gasteiger partial charge >= 0.3 is 5.69 Å². The van der Waals surface area contributed by atoms with E-state index in [1.807, 2.05) is 42.5 Å². The normalized spacial score (nSPS) is 16.5. The second kappa shape index (κ2) is 6.78. The molecule has 3 rings (SSSR count). The van der Waals surface area contributed by atoms with E-state index in [0.29, 0.717) is 10.3 Å². The summed E-state index contributed by atoms with van der Waals surface area (Å²) in [5, 5.41) is 9.13. The molecule has 0 saturated carbocycles. The topological polar surface area (TPSA) is 46.6 Å². The van der Waals surface area contributed by atoms with Crippen LogP contribution >= 0.6 is 0 Å². The van der Waals surface area contributed by atoms with Crippen molar-refractivity contribution in [2.75, 3.05) is 20.2 Å². The van der Waals surface area contributed by atoms with Crippen LogP contribution in [0.2, 0.25) is 0 Å². The van der Waals surface area contributed by atoms with Crippen molar-refractivity contribution in [1.29, 1.82) is 5.39 Å². The number of hydrogen-bond donors (Lipinski definition) is 0. The van der Waals surface area contributed by atoms with Crippen molar-refractivity contribution >= 4 is 11.4 Å². The molecule has 0 bridgehead atoms. The van der Waals surface area contributed by atoms with Crippen LogP contribution < -0.4 is 9.38 Å². The van der Waals surface area contributed by atoms with E-state index in [1.165, 1.54) is 6.42 Å². The van der Waals surface area contributed by atoms with E-state index in [0.717, 1.165) is 43.1 Å². The van der Waals surface area contributed by atoms with Crippen LogP contribution in [0.4, 0.5) is 11.4 Å². The summed E-state index contributed by atoms with van der Waals surface area (Å²) in [4.78, 5) is 9.20. The fourth-order valence-corrected chi connectivity index (χ4v) is 3.13. The fraction of sp³-hybridized carbons (Fsp3) is 0.333. The zero-order chi connectivity index (χ0) is 16.1. The van der Waals surface area contributed by atoms with Crippen LogP contribution in [0.25, 0.3) is 4.98 Å². The smallest absolute Gasteiger partial charge is 0.391 e. The third-order valence-electron chi connectivity index (χ3n) is 4.36. The van der Waals surface area contributed by atoms with Gasteiger partial charge in [0.05, 0.1) is 7.11 Å². The number of benzene rings is 2. The van der Waals surface area contributed by atoms with Crippen LogP contribution in [0.15, 0.2) is 48.5 Å². The van der Waals surface area contributed by atoms with Gasteiger partial charge in [0.2, 0.25) is 11.1 Å². The summed E-state index contributed by atoms with van der Waals surface area (Å²) in [5.41, 5.74) is 1.40. The summed E-state index contributed by atoms with van der Waals surface area (Å²) in [5.74, 6) is 1.50. The van der Waals surface area contributed by atoms with Crippen molar-refractivity contribution in [3.05, 3.63) is 53.5 Å².